The summed E-state index contributed by atoms with van der Waals surface area (Å²) in [6, 6.07) is 6.02. The average Bonchev–Trinajstić information content (AvgIpc) is 2.63. The first-order valence-corrected chi connectivity index (χ1v) is 5.74. The van der Waals surface area contributed by atoms with Crippen LogP contribution in [0.3, 0.4) is 0 Å². The number of carboxylic acids is 1. The Labute approximate surface area is 109 Å². The van der Waals surface area contributed by atoms with E-state index in [2.05, 4.69) is 10.4 Å². The van der Waals surface area contributed by atoms with Gasteiger partial charge in [-0.05, 0) is 24.6 Å². The van der Waals surface area contributed by atoms with Crippen molar-refractivity contribution < 1.29 is 14.3 Å². The molecule has 2 N–H and O–H groups in total. The third kappa shape index (κ3) is 2.73. The first kappa shape index (κ1) is 13.1. The van der Waals surface area contributed by atoms with E-state index in [-0.39, 0.29) is 11.4 Å². The number of carbonyl (C=O) groups is 1. The largest absolute Gasteiger partial charge is 0.477 e. The number of halogens is 1. The van der Waals surface area contributed by atoms with Crippen LogP contribution in [-0.4, -0.2) is 20.9 Å². The molecule has 0 radical (unpaired) electrons. The van der Waals surface area contributed by atoms with Gasteiger partial charge in [0.05, 0.1) is 5.69 Å². The molecule has 0 saturated heterocycles. The van der Waals surface area contributed by atoms with Gasteiger partial charge in [-0.25, -0.2) is 9.18 Å². The summed E-state index contributed by atoms with van der Waals surface area (Å²) in [4.78, 5) is 11.2. The molecule has 1 aromatic heterocycles. The smallest absolute Gasteiger partial charge is 0.341 e. The molecule has 0 fully saturated rings. The maximum atomic E-state index is 12.8. The summed E-state index contributed by atoms with van der Waals surface area (Å²) in [5.41, 5.74) is 1.47. The number of nitrogens with zero attached hydrogens (tertiary/aromatic N) is 2. The molecule has 0 amide bonds. The number of aromatic carboxylic acids is 1. The van der Waals surface area contributed by atoms with E-state index >= 15 is 0 Å². The van der Waals surface area contributed by atoms with Crippen molar-refractivity contribution in [2.24, 2.45) is 7.05 Å². The monoisotopic (exact) mass is 263 g/mol. The van der Waals surface area contributed by atoms with Crippen LogP contribution in [0, 0.1) is 12.7 Å². The fraction of sp³-hybridized carbons (Fsp3) is 0.231. The van der Waals surface area contributed by atoms with Gasteiger partial charge in [-0.3, -0.25) is 4.68 Å². The Morgan fingerprint density at radius 3 is 2.63 bits per heavy atom. The molecule has 0 saturated carbocycles. The van der Waals surface area contributed by atoms with E-state index in [4.69, 9.17) is 5.11 Å². The van der Waals surface area contributed by atoms with E-state index in [1.54, 1.807) is 26.1 Å². The first-order valence-electron chi connectivity index (χ1n) is 5.74. The molecule has 2 rings (SSSR count). The van der Waals surface area contributed by atoms with Crippen molar-refractivity contribution >= 4 is 11.8 Å². The standard InChI is InChI=1S/C13H14FN3O2/c1-8-11(13(18)19)12(17(2)16-8)15-7-9-3-5-10(14)6-4-9/h3-6,15H,7H2,1-2H3,(H,18,19). The van der Waals surface area contributed by atoms with Gasteiger partial charge in [0.1, 0.15) is 17.2 Å². The predicted molar refractivity (Wildman–Crippen MR) is 68.6 cm³/mol. The van der Waals surface area contributed by atoms with Crippen LogP contribution in [0.15, 0.2) is 24.3 Å². The molecule has 0 bridgehead atoms. The minimum absolute atomic E-state index is 0.157. The number of benzene rings is 1. The second kappa shape index (κ2) is 5.09. The van der Waals surface area contributed by atoms with Crippen molar-refractivity contribution in [2.45, 2.75) is 13.5 Å². The predicted octanol–water partition coefficient (Wildman–Crippen LogP) is 2.18. The number of hydrogen-bond donors (Lipinski definition) is 2. The summed E-state index contributed by atoms with van der Waals surface area (Å²) in [6.07, 6.45) is 0. The summed E-state index contributed by atoms with van der Waals surface area (Å²) in [5.74, 6) is -0.882. The molecule has 0 aliphatic rings. The molecular weight excluding hydrogens is 249 g/mol. The molecule has 5 nitrogen and oxygen atoms in total. The summed E-state index contributed by atoms with van der Waals surface area (Å²) >= 11 is 0. The molecule has 0 unspecified atom stereocenters. The van der Waals surface area contributed by atoms with E-state index in [9.17, 15) is 9.18 Å². The zero-order valence-electron chi connectivity index (χ0n) is 10.6. The number of anilines is 1. The second-order valence-electron chi connectivity index (χ2n) is 4.22. The number of nitrogens with one attached hydrogen (secondary N) is 1. The van der Waals surface area contributed by atoms with Gasteiger partial charge in [0, 0.05) is 13.6 Å². The number of aromatic nitrogens is 2. The first-order chi connectivity index (χ1) is 8.99. The van der Waals surface area contributed by atoms with Gasteiger partial charge in [0.25, 0.3) is 0 Å². The van der Waals surface area contributed by atoms with Gasteiger partial charge in [0.15, 0.2) is 0 Å². The Bertz CT molecular complexity index is 605. The quantitative estimate of drug-likeness (QED) is 0.887. The number of aryl methyl sites for hydroxylation is 2. The lowest BCUT2D eigenvalue weighted by Crippen LogP contribution is -2.09. The lowest BCUT2D eigenvalue weighted by Gasteiger charge is -2.08. The van der Waals surface area contributed by atoms with Crippen molar-refractivity contribution in [1.82, 2.24) is 9.78 Å². The molecule has 6 heteroatoms. The fourth-order valence-corrected chi connectivity index (χ4v) is 1.91. The fourth-order valence-electron chi connectivity index (χ4n) is 1.91. The van der Waals surface area contributed by atoms with Crippen LogP contribution in [-0.2, 0) is 13.6 Å². The van der Waals surface area contributed by atoms with Crippen LogP contribution in [0.2, 0.25) is 0 Å². The van der Waals surface area contributed by atoms with E-state index in [1.807, 2.05) is 0 Å². The second-order valence-corrected chi connectivity index (χ2v) is 4.22. The molecule has 100 valence electrons. The Balaban J connectivity index is 2.20. The van der Waals surface area contributed by atoms with Crippen LogP contribution in [0.4, 0.5) is 10.2 Å². The van der Waals surface area contributed by atoms with Crippen molar-refractivity contribution in [3.8, 4) is 0 Å². The van der Waals surface area contributed by atoms with E-state index in [1.165, 1.54) is 16.8 Å². The Morgan fingerprint density at radius 2 is 2.05 bits per heavy atom. The summed E-state index contributed by atoms with van der Waals surface area (Å²) in [6.45, 7) is 2.05. The molecule has 0 aliphatic carbocycles. The molecular formula is C13H14FN3O2. The van der Waals surface area contributed by atoms with Gasteiger partial charge in [-0.2, -0.15) is 5.10 Å². The van der Waals surface area contributed by atoms with Gasteiger partial charge in [-0.1, -0.05) is 12.1 Å². The maximum Gasteiger partial charge on any atom is 0.341 e. The third-order valence-corrected chi connectivity index (χ3v) is 2.81. The topological polar surface area (TPSA) is 67.2 Å². The van der Waals surface area contributed by atoms with Crippen molar-refractivity contribution in [1.29, 1.82) is 0 Å². The average molecular weight is 263 g/mol. The number of hydrogen-bond acceptors (Lipinski definition) is 3. The van der Waals surface area contributed by atoms with Crippen molar-refractivity contribution in [3.63, 3.8) is 0 Å². The normalized spacial score (nSPS) is 10.5. The minimum Gasteiger partial charge on any atom is -0.477 e. The summed E-state index contributed by atoms with van der Waals surface area (Å²) in [7, 11) is 1.67. The zero-order valence-corrected chi connectivity index (χ0v) is 10.6. The highest BCUT2D eigenvalue weighted by Crippen LogP contribution is 2.19. The highest BCUT2D eigenvalue weighted by molar-refractivity contribution is 5.94. The third-order valence-electron chi connectivity index (χ3n) is 2.81. The Morgan fingerprint density at radius 1 is 1.42 bits per heavy atom. The molecule has 2 aromatic rings. The van der Waals surface area contributed by atoms with Crippen molar-refractivity contribution in [2.75, 3.05) is 5.32 Å². The zero-order chi connectivity index (χ0) is 14.0. The van der Waals surface area contributed by atoms with Crippen LogP contribution >= 0.6 is 0 Å². The van der Waals surface area contributed by atoms with Gasteiger partial charge in [-0.15, -0.1) is 0 Å². The van der Waals surface area contributed by atoms with E-state index in [0.717, 1.165) is 5.56 Å². The highest BCUT2D eigenvalue weighted by atomic mass is 19.1. The minimum atomic E-state index is -1.02. The van der Waals surface area contributed by atoms with Gasteiger partial charge < -0.3 is 10.4 Å². The molecule has 19 heavy (non-hydrogen) atoms. The summed E-state index contributed by atoms with van der Waals surface area (Å²) in [5, 5.41) is 16.2. The number of carboxylic acid groups (broad SMARTS) is 1. The molecule has 1 heterocycles. The molecule has 0 spiro atoms. The van der Waals surface area contributed by atoms with Crippen LogP contribution < -0.4 is 5.32 Å². The van der Waals surface area contributed by atoms with Crippen LogP contribution in [0.25, 0.3) is 0 Å². The van der Waals surface area contributed by atoms with Gasteiger partial charge >= 0.3 is 5.97 Å². The Hall–Kier alpha value is -2.37. The maximum absolute atomic E-state index is 12.8. The molecule has 0 atom stereocenters. The number of rotatable bonds is 4. The summed E-state index contributed by atoms with van der Waals surface area (Å²) < 4.78 is 14.3. The SMILES string of the molecule is Cc1nn(C)c(NCc2ccc(F)cc2)c1C(=O)O. The van der Waals surface area contributed by atoms with E-state index < -0.39 is 5.97 Å². The lowest BCUT2D eigenvalue weighted by molar-refractivity contribution is 0.0697. The highest BCUT2D eigenvalue weighted by Gasteiger charge is 2.19. The van der Waals surface area contributed by atoms with Crippen LogP contribution in [0.5, 0.6) is 0 Å². The van der Waals surface area contributed by atoms with Crippen molar-refractivity contribution in [3.05, 3.63) is 46.9 Å². The van der Waals surface area contributed by atoms with E-state index in [0.29, 0.717) is 18.1 Å². The molecule has 1 aromatic carbocycles. The molecule has 0 aliphatic heterocycles. The lowest BCUT2D eigenvalue weighted by atomic mass is 10.2. The Kier molecular flexibility index (Phi) is 3.50. The van der Waals surface area contributed by atoms with Gasteiger partial charge in [0.2, 0.25) is 0 Å². The van der Waals surface area contributed by atoms with Crippen LogP contribution in [0.1, 0.15) is 21.6 Å².